The Kier molecular flexibility index (Phi) is 5.15. The minimum absolute atomic E-state index is 0.0761. The highest BCUT2D eigenvalue weighted by atomic mass is 127. The Bertz CT molecular complexity index is 519. The molecule has 0 aliphatic rings. The van der Waals surface area contributed by atoms with Gasteiger partial charge in [-0.1, -0.05) is 19.1 Å². The molecule has 2 N–H and O–H groups in total. The van der Waals surface area contributed by atoms with E-state index in [-0.39, 0.29) is 12.1 Å². The summed E-state index contributed by atoms with van der Waals surface area (Å²) in [7, 11) is 0. The minimum atomic E-state index is -0.218. The first-order chi connectivity index (χ1) is 9.20. The van der Waals surface area contributed by atoms with Crippen LogP contribution in [0.15, 0.2) is 48.7 Å². The summed E-state index contributed by atoms with van der Waals surface area (Å²) in [5, 5.41) is 0. The molecule has 0 aliphatic carbocycles. The molecule has 0 bridgehead atoms. The molecule has 19 heavy (non-hydrogen) atoms. The predicted molar refractivity (Wildman–Crippen MR) is 85.0 cm³/mol. The SMILES string of the molecule is CCC(N)C(Oc1cccc(I)c1)c1ccccn1. The fourth-order valence-electron chi connectivity index (χ4n) is 1.81. The van der Waals surface area contributed by atoms with Gasteiger partial charge in [-0.3, -0.25) is 4.98 Å². The van der Waals surface area contributed by atoms with Crippen molar-refractivity contribution < 1.29 is 4.74 Å². The summed E-state index contributed by atoms with van der Waals surface area (Å²) in [5.41, 5.74) is 7.04. The first-order valence-corrected chi connectivity index (χ1v) is 7.37. The van der Waals surface area contributed by atoms with Crippen LogP contribution in [0.25, 0.3) is 0 Å². The Morgan fingerprint density at radius 1 is 1.26 bits per heavy atom. The quantitative estimate of drug-likeness (QED) is 0.822. The van der Waals surface area contributed by atoms with Gasteiger partial charge in [-0.25, -0.2) is 0 Å². The standard InChI is InChI=1S/C15H17IN2O/c1-2-13(17)15(14-8-3-4-9-18-14)19-12-7-5-6-11(16)10-12/h3-10,13,15H,2,17H2,1H3. The maximum Gasteiger partial charge on any atom is 0.155 e. The molecular weight excluding hydrogens is 351 g/mol. The van der Waals surface area contributed by atoms with Gasteiger partial charge in [0.2, 0.25) is 0 Å². The lowest BCUT2D eigenvalue weighted by molar-refractivity contribution is 0.166. The number of aromatic nitrogens is 1. The van der Waals surface area contributed by atoms with Crippen LogP contribution in [0.4, 0.5) is 0 Å². The van der Waals surface area contributed by atoms with E-state index in [2.05, 4.69) is 34.5 Å². The molecule has 4 heteroatoms. The van der Waals surface area contributed by atoms with E-state index in [1.807, 2.05) is 42.5 Å². The summed E-state index contributed by atoms with van der Waals surface area (Å²) in [4.78, 5) is 4.36. The first kappa shape index (κ1) is 14.3. The Morgan fingerprint density at radius 2 is 2.11 bits per heavy atom. The van der Waals surface area contributed by atoms with Crippen LogP contribution in [0.5, 0.6) is 5.75 Å². The smallest absolute Gasteiger partial charge is 0.155 e. The van der Waals surface area contributed by atoms with E-state index < -0.39 is 0 Å². The lowest BCUT2D eigenvalue weighted by atomic mass is 10.1. The molecule has 2 rings (SSSR count). The Labute approximate surface area is 127 Å². The van der Waals surface area contributed by atoms with Crippen molar-refractivity contribution >= 4 is 22.6 Å². The highest BCUT2D eigenvalue weighted by molar-refractivity contribution is 14.1. The Hall–Kier alpha value is -1.14. The van der Waals surface area contributed by atoms with E-state index in [0.29, 0.717) is 0 Å². The lowest BCUT2D eigenvalue weighted by Gasteiger charge is -2.23. The number of hydrogen-bond acceptors (Lipinski definition) is 3. The molecule has 0 spiro atoms. The summed E-state index contributed by atoms with van der Waals surface area (Å²) in [6.07, 6.45) is 2.39. The van der Waals surface area contributed by atoms with Gasteiger partial charge in [-0.15, -0.1) is 0 Å². The van der Waals surface area contributed by atoms with Gasteiger partial charge in [-0.05, 0) is 59.3 Å². The van der Waals surface area contributed by atoms with Gasteiger partial charge in [0.05, 0.1) is 5.69 Å². The second kappa shape index (κ2) is 6.86. The van der Waals surface area contributed by atoms with Gasteiger partial charge < -0.3 is 10.5 Å². The molecule has 1 aromatic carbocycles. The van der Waals surface area contributed by atoms with Crippen LogP contribution in [-0.4, -0.2) is 11.0 Å². The molecule has 0 saturated heterocycles. The van der Waals surface area contributed by atoms with Crippen molar-refractivity contribution in [2.24, 2.45) is 5.73 Å². The first-order valence-electron chi connectivity index (χ1n) is 6.29. The maximum atomic E-state index is 6.17. The molecule has 0 radical (unpaired) electrons. The normalized spacial score (nSPS) is 13.8. The highest BCUT2D eigenvalue weighted by Gasteiger charge is 2.21. The fraction of sp³-hybridized carbons (Fsp3) is 0.267. The number of halogens is 1. The Balaban J connectivity index is 2.24. The molecule has 0 saturated carbocycles. The average molecular weight is 368 g/mol. The van der Waals surface area contributed by atoms with Crippen LogP contribution in [0.2, 0.25) is 0 Å². The van der Waals surface area contributed by atoms with Crippen molar-refractivity contribution in [1.29, 1.82) is 0 Å². The molecule has 0 fully saturated rings. The second-order valence-electron chi connectivity index (χ2n) is 4.32. The van der Waals surface area contributed by atoms with Crippen molar-refractivity contribution in [1.82, 2.24) is 4.98 Å². The third-order valence-corrected chi connectivity index (χ3v) is 3.57. The zero-order chi connectivity index (χ0) is 13.7. The lowest BCUT2D eigenvalue weighted by Crippen LogP contribution is -2.32. The molecular formula is C15H17IN2O. The summed E-state index contributed by atoms with van der Waals surface area (Å²) in [6.45, 7) is 2.05. The summed E-state index contributed by atoms with van der Waals surface area (Å²) in [5.74, 6) is 0.825. The van der Waals surface area contributed by atoms with Crippen LogP contribution >= 0.6 is 22.6 Å². The molecule has 1 heterocycles. The van der Waals surface area contributed by atoms with E-state index in [1.54, 1.807) is 6.20 Å². The number of nitrogens with two attached hydrogens (primary N) is 1. The average Bonchev–Trinajstić information content (AvgIpc) is 2.45. The number of nitrogens with zero attached hydrogens (tertiary/aromatic N) is 1. The molecule has 1 aromatic heterocycles. The van der Waals surface area contributed by atoms with Crippen LogP contribution in [0.1, 0.15) is 25.1 Å². The summed E-state index contributed by atoms with van der Waals surface area (Å²) < 4.78 is 7.18. The zero-order valence-electron chi connectivity index (χ0n) is 10.8. The van der Waals surface area contributed by atoms with Gasteiger partial charge in [0, 0.05) is 15.8 Å². The van der Waals surface area contributed by atoms with E-state index in [0.717, 1.165) is 21.4 Å². The van der Waals surface area contributed by atoms with Crippen molar-refractivity contribution in [3.8, 4) is 5.75 Å². The monoisotopic (exact) mass is 368 g/mol. The van der Waals surface area contributed by atoms with Crippen molar-refractivity contribution in [2.75, 3.05) is 0 Å². The second-order valence-corrected chi connectivity index (χ2v) is 5.57. The van der Waals surface area contributed by atoms with Gasteiger partial charge in [-0.2, -0.15) is 0 Å². The van der Waals surface area contributed by atoms with Gasteiger partial charge in [0.15, 0.2) is 6.10 Å². The molecule has 0 amide bonds. The summed E-state index contributed by atoms with van der Waals surface area (Å²) >= 11 is 2.27. The molecule has 2 unspecified atom stereocenters. The van der Waals surface area contributed by atoms with Crippen LogP contribution in [0.3, 0.4) is 0 Å². The van der Waals surface area contributed by atoms with Gasteiger partial charge in [0.1, 0.15) is 5.75 Å². The maximum absolute atomic E-state index is 6.17. The van der Waals surface area contributed by atoms with E-state index >= 15 is 0 Å². The fourth-order valence-corrected chi connectivity index (χ4v) is 2.33. The zero-order valence-corrected chi connectivity index (χ0v) is 12.9. The highest BCUT2D eigenvalue weighted by Crippen LogP contribution is 2.25. The number of benzene rings is 1. The molecule has 2 aromatic rings. The third-order valence-electron chi connectivity index (χ3n) is 2.90. The largest absolute Gasteiger partial charge is 0.482 e. The Morgan fingerprint density at radius 3 is 2.74 bits per heavy atom. The van der Waals surface area contributed by atoms with Crippen molar-refractivity contribution in [3.05, 3.63) is 57.9 Å². The topological polar surface area (TPSA) is 48.1 Å². The molecule has 0 aliphatic heterocycles. The predicted octanol–water partition coefficient (Wildman–Crippen LogP) is 3.54. The van der Waals surface area contributed by atoms with E-state index in [9.17, 15) is 0 Å². The number of rotatable bonds is 5. The van der Waals surface area contributed by atoms with Crippen LogP contribution in [-0.2, 0) is 0 Å². The van der Waals surface area contributed by atoms with Crippen LogP contribution < -0.4 is 10.5 Å². The van der Waals surface area contributed by atoms with E-state index in [4.69, 9.17) is 10.5 Å². The van der Waals surface area contributed by atoms with Crippen molar-refractivity contribution in [3.63, 3.8) is 0 Å². The van der Waals surface area contributed by atoms with Gasteiger partial charge in [0.25, 0.3) is 0 Å². The number of ether oxygens (including phenoxy) is 1. The van der Waals surface area contributed by atoms with E-state index in [1.165, 1.54) is 0 Å². The van der Waals surface area contributed by atoms with Crippen LogP contribution in [0, 0.1) is 3.57 Å². The molecule has 2 atom stereocenters. The molecule has 3 nitrogen and oxygen atoms in total. The van der Waals surface area contributed by atoms with Crippen molar-refractivity contribution in [2.45, 2.75) is 25.5 Å². The minimum Gasteiger partial charge on any atom is -0.482 e. The summed E-state index contributed by atoms with van der Waals surface area (Å²) in [6, 6.07) is 13.7. The third kappa shape index (κ3) is 3.91. The van der Waals surface area contributed by atoms with Gasteiger partial charge >= 0.3 is 0 Å². The number of hydrogen-bond donors (Lipinski definition) is 1. The molecule has 100 valence electrons. The number of pyridine rings is 1.